The Morgan fingerprint density at radius 3 is 2.10 bits per heavy atom. The van der Waals surface area contributed by atoms with Crippen molar-refractivity contribution in [2.24, 2.45) is 4.99 Å². The molecule has 3 heterocycles. The molecule has 8 heteroatoms. The van der Waals surface area contributed by atoms with Crippen LogP contribution in [0.15, 0.2) is 131 Å². The first kappa shape index (κ1) is 26.4. The summed E-state index contributed by atoms with van der Waals surface area (Å²) in [7, 11) is 0. The number of aromatic nitrogens is 3. The summed E-state index contributed by atoms with van der Waals surface area (Å²) in [5, 5.41) is 6.31. The molecule has 0 spiro atoms. The van der Waals surface area contributed by atoms with Crippen LogP contribution in [0.5, 0.6) is 0 Å². The van der Waals surface area contributed by atoms with Gasteiger partial charge in [0, 0.05) is 27.4 Å². The third-order valence-electron chi connectivity index (χ3n) is 7.08. The maximum atomic E-state index is 14.1. The van der Waals surface area contributed by atoms with Gasteiger partial charge in [0.15, 0.2) is 4.80 Å². The minimum Gasteiger partial charge on any atom is -0.272 e. The van der Waals surface area contributed by atoms with Gasteiger partial charge in [0.05, 0.1) is 27.7 Å². The second-order valence-electron chi connectivity index (χ2n) is 9.81. The highest BCUT2D eigenvalue weighted by atomic mass is 35.5. The molecule has 1 aliphatic heterocycles. The third-order valence-corrected chi connectivity index (χ3v) is 8.57. The Hall–Kier alpha value is -4.49. The normalized spacial score (nSPS) is 14.8. The molecule has 0 aliphatic carbocycles. The zero-order valence-corrected chi connectivity index (χ0v) is 24.4. The largest absolute Gasteiger partial charge is 0.272 e. The van der Waals surface area contributed by atoms with Crippen molar-refractivity contribution >= 4 is 46.3 Å². The molecule has 1 atom stereocenters. The van der Waals surface area contributed by atoms with Gasteiger partial charge in [0.1, 0.15) is 0 Å². The fraction of sp³-hybridized carbons (Fsp3) is 0.0294. The van der Waals surface area contributed by atoms with E-state index in [1.54, 1.807) is 4.57 Å². The van der Waals surface area contributed by atoms with E-state index in [1.807, 2.05) is 132 Å². The molecule has 4 aromatic carbocycles. The van der Waals surface area contributed by atoms with E-state index in [0.29, 0.717) is 19.4 Å². The lowest BCUT2D eigenvalue weighted by molar-refractivity contribution is 0.645. The molecule has 5 nitrogen and oxygen atoms in total. The summed E-state index contributed by atoms with van der Waals surface area (Å²) >= 11 is 13.7. The summed E-state index contributed by atoms with van der Waals surface area (Å²) in [5.74, 6) is 0. The number of benzene rings is 4. The lowest BCUT2D eigenvalue weighted by Crippen LogP contribution is -2.36. The predicted molar refractivity (Wildman–Crippen MR) is 171 cm³/mol. The topological polar surface area (TPSA) is 52.2 Å². The van der Waals surface area contributed by atoms with E-state index < -0.39 is 6.04 Å². The molecule has 0 unspecified atom stereocenters. The maximum Gasteiger partial charge on any atom is 0.271 e. The minimum absolute atomic E-state index is 0.114. The summed E-state index contributed by atoms with van der Waals surface area (Å²) < 4.78 is 4.22. The molecule has 1 aliphatic rings. The molecule has 0 N–H and O–H groups in total. The van der Waals surface area contributed by atoms with E-state index in [1.165, 1.54) is 11.3 Å². The number of thiazole rings is 1. The second kappa shape index (κ2) is 11.1. The average molecular weight is 606 g/mol. The summed E-state index contributed by atoms with van der Waals surface area (Å²) in [4.78, 5) is 19.7. The maximum absolute atomic E-state index is 14.1. The van der Waals surface area contributed by atoms with Gasteiger partial charge in [0.2, 0.25) is 0 Å². The number of rotatable bonds is 5. The van der Waals surface area contributed by atoms with Gasteiger partial charge in [-0.3, -0.25) is 9.36 Å². The van der Waals surface area contributed by atoms with Crippen LogP contribution in [0.3, 0.4) is 0 Å². The van der Waals surface area contributed by atoms with Gasteiger partial charge in [-0.2, -0.15) is 5.10 Å². The molecule has 7 rings (SSSR count). The number of hydrogen-bond acceptors (Lipinski definition) is 4. The van der Waals surface area contributed by atoms with Crippen LogP contribution in [-0.4, -0.2) is 14.3 Å². The predicted octanol–water partition coefficient (Wildman–Crippen LogP) is 7.16. The van der Waals surface area contributed by atoms with Gasteiger partial charge < -0.3 is 0 Å². The van der Waals surface area contributed by atoms with E-state index in [0.717, 1.165) is 39.3 Å². The van der Waals surface area contributed by atoms with Crippen LogP contribution < -0.4 is 14.9 Å². The van der Waals surface area contributed by atoms with Crippen molar-refractivity contribution in [3.8, 4) is 16.9 Å². The first-order valence-corrected chi connectivity index (χ1v) is 14.9. The standard InChI is InChI=1S/C34H22Cl2N4OS/c35-25-15-11-22(12-16-25)19-31-33(41)40-30(20-29(37-34(40)42-31)23-7-3-1-4-8-23)28-21-39(27-9-5-2-6-10-27)38-32(28)24-13-17-26(36)18-14-24/h1-21,30H/b31-19-/t30-/m0/s1. The highest BCUT2D eigenvalue weighted by molar-refractivity contribution is 7.07. The van der Waals surface area contributed by atoms with E-state index in [-0.39, 0.29) is 5.56 Å². The van der Waals surface area contributed by atoms with Gasteiger partial charge in [-0.05, 0) is 59.7 Å². The number of nitrogens with zero attached hydrogens (tertiary/aromatic N) is 4. The monoisotopic (exact) mass is 604 g/mol. The fourth-order valence-electron chi connectivity index (χ4n) is 5.03. The summed E-state index contributed by atoms with van der Waals surface area (Å²) in [5.41, 5.74) is 6.01. The number of fused-ring (bicyclic) bond motifs is 1. The SMILES string of the molecule is O=c1/c(=C/c2ccc(Cl)cc2)sc2n1[C@H](c1cn(-c3ccccc3)nc1-c1ccc(Cl)cc1)C=C(c1ccccc1)N=2. The van der Waals surface area contributed by atoms with Gasteiger partial charge in [-0.15, -0.1) is 0 Å². The summed E-state index contributed by atoms with van der Waals surface area (Å²) in [6, 6.07) is 34.5. The molecule has 0 bridgehead atoms. The highest BCUT2D eigenvalue weighted by Gasteiger charge is 2.27. The molecule has 0 fully saturated rings. The first-order valence-electron chi connectivity index (χ1n) is 13.3. The van der Waals surface area contributed by atoms with Crippen molar-refractivity contribution in [2.75, 3.05) is 0 Å². The molecule has 0 saturated heterocycles. The number of hydrogen-bond donors (Lipinski definition) is 0. The van der Waals surface area contributed by atoms with Crippen molar-refractivity contribution in [3.63, 3.8) is 0 Å². The number of allylic oxidation sites excluding steroid dienone is 1. The van der Waals surface area contributed by atoms with Crippen LogP contribution in [0.4, 0.5) is 0 Å². The lowest BCUT2D eigenvalue weighted by atomic mass is 9.99. The molecule has 42 heavy (non-hydrogen) atoms. The van der Waals surface area contributed by atoms with Crippen LogP contribution in [0.1, 0.15) is 22.7 Å². The van der Waals surface area contributed by atoms with Crippen LogP contribution in [0.2, 0.25) is 10.0 Å². The lowest BCUT2D eigenvalue weighted by Gasteiger charge is -2.19. The van der Waals surface area contributed by atoms with Crippen molar-refractivity contribution in [1.82, 2.24) is 14.3 Å². The van der Waals surface area contributed by atoms with Crippen LogP contribution in [-0.2, 0) is 0 Å². The second-order valence-corrected chi connectivity index (χ2v) is 11.7. The van der Waals surface area contributed by atoms with Gasteiger partial charge in [-0.1, -0.05) is 107 Å². The molecular weight excluding hydrogens is 583 g/mol. The fourth-order valence-corrected chi connectivity index (χ4v) is 6.30. The molecule has 6 aromatic rings. The van der Waals surface area contributed by atoms with Crippen molar-refractivity contribution in [2.45, 2.75) is 6.04 Å². The molecule has 204 valence electrons. The van der Waals surface area contributed by atoms with Gasteiger partial charge in [0.25, 0.3) is 5.56 Å². The Morgan fingerprint density at radius 2 is 1.40 bits per heavy atom. The van der Waals surface area contributed by atoms with Crippen molar-refractivity contribution in [1.29, 1.82) is 0 Å². The van der Waals surface area contributed by atoms with Crippen LogP contribution >= 0.6 is 34.5 Å². The summed E-state index contributed by atoms with van der Waals surface area (Å²) in [6.45, 7) is 0. The third kappa shape index (κ3) is 5.05. The van der Waals surface area contributed by atoms with Gasteiger partial charge in [-0.25, -0.2) is 9.67 Å². The van der Waals surface area contributed by atoms with E-state index in [2.05, 4.69) is 0 Å². The van der Waals surface area contributed by atoms with Crippen molar-refractivity contribution in [3.05, 3.63) is 168 Å². The van der Waals surface area contributed by atoms with E-state index in [4.69, 9.17) is 33.3 Å². The summed E-state index contributed by atoms with van der Waals surface area (Å²) in [6.07, 6.45) is 5.94. The molecule has 0 saturated carbocycles. The first-order chi connectivity index (χ1) is 20.5. The Balaban J connectivity index is 1.48. The molecule has 0 radical (unpaired) electrons. The Morgan fingerprint density at radius 1 is 0.762 bits per heavy atom. The van der Waals surface area contributed by atoms with Crippen LogP contribution in [0, 0.1) is 0 Å². The quantitative estimate of drug-likeness (QED) is 0.209. The van der Waals surface area contributed by atoms with Gasteiger partial charge >= 0.3 is 0 Å². The zero-order chi connectivity index (χ0) is 28.6. The van der Waals surface area contributed by atoms with E-state index in [9.17, 15) is 4.79 Å². The minimum atomic E-state index is -0.452. The number of halogens is 2. The number of para-hydroxylation sites is 1. The average Bonchev–Trinajstić information content (AvgIpc) is 3.61. The van der Waals surface area contributed by atoms with E-state index >= 15 is 0 Å². The molecular formula is C34H22Cl2N4OS. The zero-order valence-electron chi connectivity index (χ0n) is 22.1. The molecule has 0 amide bonds. The van der Waals surface area contributed by atoms with Crippen LogP contribution in [0.25, 0.3) is 28.7 Å². The Kier molecular flexibility index (Phi) is 6.96. The highest BCUT2D eigenvalue weighted by Crippen LogP contribution is 2.34. The Labute approximate surface area is 255 Å². The smallest absolute Gasteiger partial charge is 0.271 e. The molecule has 2 aromatic heterocycles. The Bertz CT molecular complexity index is 2110. The van der Waals surface area contributed by atoms with Crippen molar-refractivity contribution < 1.29 is 0 Å².